The second kappa shape index (κ2) is 4.98. The summed E-state index contributed by atoms with van der Waals surface area (Å²) in [6, 6.07) is 3.55. The molecule has 1 aliphatic heterocycles. The number of pyridine rings is 1. The van der Waals surface area contributed by atoms with Gasteiger partial charge in [-0.2, -0.15) is 4.80 Å². The van der Waals surface area contributed by atoms with Crippen LogP contribution in [0.4, 0.5) is 0 Å². The van der Waals surface area contributed by atoms with Gasteiger partial charge in [-0.1, -0.05) is 0 Å². The largest absolute Gasteiger partial charge is 0.477 e. The van der Waals surface area contributed by atoms with Crippen molar-refractivity contribution in [2.24, 2.45) is 7.05 Å². The molecular formula is C16H15N5O3. The number of nitrogens with zero attached hydrogens (tertiary/aromatic N) is 5. The van der Waals surface area contributed by atoms with Crippen LogP contribution in [-0.4, -0.2) is 35.9 Å². The molecule has 0 saturated heterocycles. The van der Waals surface area contributed by atoms with Gasteiger partial charge in [0.15, 0.2) is 0 Å². The highest BCUT2D eigenvalue weighted by atomic mass is 16.4. The molecule has 1 aliphatic rings. The van der Waals surface area contributed by atoms with E-state index < -0.39 is 11.4 Å². The number of carboxylic acid groups (broad SMARTS) is 1. The minimum absolute atomic E-state index is 0.115. The van der Waals surface area contributed by atoms with Crippen molar-refractivity contribution in [1.82, 2.24) is 24.8 Å². The Morgan fingerprint density at radius 2 is 2.17 bits per heavy atom. The normalized spacial score (nSPS) is 16.5. The molecule has 0 bridgehead atoms. The topological polar surface area (TPSA) is 103 Å². The van der Waals surface area contributed by atoms with Gasteiger partial charge in [0.25, 0.3) is 0 Å². The summed E-state index contributed by atoms with van der Waals surface area (Å²) in [6.45, 7) is 2.02. The third-order valence-electron chi connectivity index (χ3n) is 4.57. The number of rotatable bonds is 2. The highest BCUT2D eigenvalue weighted by Crippen LogP contribution is 2.35. The van der Waals surface area contributed by atoms with Gasteiger partial charge in [0.2, 0.25) is 11.3 Å². The van der Waals surface area contributed by atoms with E-state index in [9.17, 15) is 14.7 Å². The molecule has 0 saturated carbocycles. The Morgan fingerprint density at radius 1 is 1.38 bits per heavy atom. The molecule has 0 spiro atoms. The van der Waals surface area contributed by atoms with Crippen molar-refractivity contribution in [2.45, 2.75) is 25.8 Å². The lowest BCUT2D eigenvalue weighted by molar-refractivity contribution is 0.0694. The van der Waals surface area contributed by atoms with Gasteiger partial charge in [0.1, 0.15) is 5.56 Å². The number of hydrogen-bond donors (Lipinski definition) is 1. The Morgan fingerprint density at radius 3 is 2.83 bits per heavy atom. The van der Waals surface area contributed by atoms with Crippen LogP contribution in [-0.2, 0) is 13.5 Å². The summed E-state index contributed by atoms with van der Waals surface area (Å²) in [4.78, 5) is 25.3. The molecule has 0 radical (unpaired) electrons. The first kappa shape index (κ1) is 14.6. The first-order valence-electron chi connectivity index (χ1n) is 7.65. The van der Waals surface area contributed by atoms with E-state index in [2.05, 4.69) is 15.4 Å². The highest BCUT2D eigenvalue weighted by Gasteiger charge is 2.25. The number of carbonyl (C=O) groups is 1. The molecule has 0 aliphatic carbocycles. The lowest BCUT2D eigenvalue weighted by Crippen LogP contribution is -2.24. The smallest absolute Gasteiger partial charge is 0.341 e. The molecule has 3 heterocycles. The maximum Gasteiger partial charge on any atom is 0.341 e. The summed E-state index contributed by atoms with van der Waals surface area (Å²) in [5, 5.41) is 21.9. The molecule has 3 aromatic rings. The van der Waals surface area contributed by atoms with Gasteiger partial charge in [-0.3, -0.25) is 4.79 Å². The van der Waals surface area contributed by atoms with E-state index in [1.165, 1.54) is 11.0 Å². The Kier molecular flexibility index (Phi) is 3.02. The van der Waals surface area contributed by atoms with Crippen molar-refractivity contribution in [1.29, 1.82) is 0 Å². The Hall–Kier alpha value is -3.03. The van der Waals surface area contributed by atoms with Gasteiger partial charge in [-0.05, 0) is 42.7 Å². The first-order valence-corrected chi connectivity index (χ1v) is 7.65. The molecule has 0 fully saturated rings. The van der Waals surface area contributed by atoms with Crippen molar-refractivity contribution in [3.8, 4) is 11.4 Å². The van der Waals surface area contributed by atoms with Crippen LogP contribution in [0.2, 0.25) is 0 Å². The van der Waals surface area contributed by atoms with Crippen molar-refractivity contribution in [2.75, 3.05) is 0 Å². The van der Waals surface area contributed by atoms with Crippen LogP contribution in [0, 0.1) is 0 Å². The minimum Gasteiger partial charge on any atom is -0.477 e. The number of benzene rings is 1. The van der Waals surface area contributed by atoms with Crippen LogP contribution in [0.1, 0.15) is 35.3 Å². The average Bonchev–Trinajstić information content (AvgIpc) is 2.98. The van der Waals surface area contributed by atoms with Gasteiger partial charge in [0.05, 0.1) is 12.6 Å². The number of aromatic nitrogens is 5. The van der Waals surface area contributed by atoms with Crippen LogP contribution in [0.3, 0.4) is 0 Å². The van der Waals surface area contributed by atoms with E-state index in [1.807, 2.05) is 11.5 Å². The van der Waals surface area contributed by atoms with E-state index in [4.69, 9.17) is 0 Å². The summed E-state index contributed by atoms with van der Waals surface area (Å²) >= 11 is 0. The summed E-state index contributed by atoms with van der Waals surface area (Å²) < 4.78 is 1.89. The van der Waals surface area contributed by atoms with E-state index in [1.54, 1.807) is 19.2 Å². The highest BCUT2D eigenvalue weighted by molar-refractivity contribution is 5.95. The quantitative estimate of drug-likeness (QED) is 0.764. The van der Waals surface area contributed by atoms with Crippen LogP contribution < -0.4 is 5.43 Å². The van der Waals surface area contributed by atoms with Crippen molar-refractivity contribution < 1.29 is 9.90 Å². The number of tetrazole rings is 1. The lowest BCUT2D eigenvalue weighted by Gasteiger charge is -2.27. The zero-order valence-corrected chi connectivity index (χ0v) is 13.2. The predicted octanol–water partition coefficient (Wildman–Crippen LogP) is 1.40. The molecule has 8 heteroatoms. The molecule has 24 heavy (non-hydrogen) atoms. The molecule has 1 atom stereocenters. The summed E-state index contributed by atoms with van der Waals surface area (Å²) in [7, 11) is 1.69. The Bertz CT molecular complexity index is 1050. The fraction of sp³-hybridized carbons (Fsp3) is 0.312. The molecular weight excluding hydrogens is 310 g/mol. The second-order valence-electron chi connectivity index (χ2n) is 6.06. The summed E-state index contributed by atoms with van der Waals surface area (Å²) in [5.41, 5.74) is 1.91. The van der Waals surface area contributed by atoms with Crippen LogP contribution in [0.5, 0.6) is 0 Å². The molecule has 2 aromatic heterocycles. The monoisotopic (exact) mass is 325 g/mol. The molecule has 8 nitrogen and oxygen atoms in total. The molecule has 1 unspecified atom stereocenters. The number of carboxylic acids is 1. The van der Waals surface area contributed by atoms with E-state index in [0.29, 0.717) is 11.2 Å². The maximum atomic E-state index is 12.5. The first-order chi connectivity index (χ1) is 11.5. The standard InChI is InChI=1S/C16H15N5O3/c1-8-3-4-9-10(15-17-19-20(2)18-15)5-6-11-13(9)21(8)7-12(14(11)22)16(23)24/h5-8H,3-4H2,1-2H3,(H,23,24). The third-order valence-corrected chi connectivity index (χ3v) is 4.57. The van der Waals surface area contributed by atoms with Gasteiger partial charge >= 0.3 is 5.97 Å². The molecule has 1 aromatic carbocycles. The molecule has 0 amide bonds. The molecule has 122 valence electrons. The lowest BCUT2D eigenvalue weighted by atomic mass is 9.92. The molecule has 1 N–H and O–H groups in total. The number of aromatic carboxylic acids is 1. The fourth-order valence-corrected chi connectivity index (χ4v) is 3.37. The second-order valence-corrected chi connectivity index (χ2v) is 6.06. The maximum absolute atomic E-state index is 12.5. The SMILES string of the molecule is CC1CCc2c(-c3nnn(C)n3)ccc3c(=O)c(C(=O)O)cn1c23. The summed E-state index contributed by atoms with van der Waals surface area (Å²) in [5.74, 6) is -0.699. The van der Waals surface area contributed by atoms with Crippen LogP contribution in [0.25, 0.3) is 22.3 Å². The van der Waals surface area contributed by atoms with E-state index in [-0.39, 0.29) is 11.6 Å². The van der Waals surface area contributed by atoms with Gasteiger partial charge in [-0.15, -0.1) is 10.2 Å². The Labute approximate surface area is 136 Å². The third kappa shape index (κ3) is 1.96. The predicted molar refractivity (Wildman–Crippen MR) is 86.0 cm³/mol. The minimum atomic E-state index is -1.20. The van der Waals surface area contributed by atoms with Crippen molar-refractivity contribution >= 4 is 16.9 Å². The average molecular weight is 325 g/mol. The Balaban J connectivity index is 2.12. The summed E-state index contributed by atoms with van der Waals surface area (Å²) in [6.07, 6.45) is 3.08. The van der Waals surface area contributed by atoms with Crippen LogP contribution in [0.15, 0.2) is 23.1 Å². The van der Waals surface area contributed by atoms with E-state index >= 15 is 0 Å². The van der Waals surface area contributed by atoms with E-state index in [0.717, 1.165) is 29.5 Å². The van der Waals surface area contributed by atoms with Gasteiger partial charge in [0, 0.05) is 23.2 Å². The van der Waals surface area contributed by atoms with Crippen LogP contribution >= 0.6 is 0 Å². The van der Waals surface area contributed by atoms with Gasteiger partial charge in [-0.25, -0.2) is 4.79 Å². The zero-order valence-electron chi connectivity index (χ0n) is 13.2. The van der Waals surface area contributed by atoms with Crippen molar-refractivity contribution in [3.05, 3.63) is 39.7 Å². The number of aryl methyl sites for hydroxylation is 2. The van der Waals surface area contributed by atoms with Gasteiger partial charge < -0.3 is 9.67 Å². The molecule has 4 rings (SSSR count). The zero-order chi connectivity index (χ0) is 17.0. The fourth-order valence-electron chi connectivity index (χ4n) is 3.37. The van der Waals surface area contributed by atoms with Crippen molar-refractivity contribution in [3.63, 3.8) is 0 Å². The number of hydrogen-bond acceptors (Lipinski definition) is 5.